The van der Waals surface area contributed by atoms with E-state index in [2.05, 4.69) is 15.1 Å². The van der Waals surface area contributed by atoms with Crippen molar-refractivity contribution in [2.24, 2.45) is 0 Å². The number of aromatic nitrogens is 4. The van der Waals surface area contributed by atoms with E-state index in [0.29, 0.717) is 16.2 Å². The van der Waals surface area contributed by atoms with Gasteiger partial charge in [0, 0.05) is 6.42 Å². The van der Waals surface area contributed by atoms with Crippen LogP contribution in [0.15, 0.2) is 18.5 Å². The Hall–Kier alpha value is -1.33. The van der Waals surface area contributed by atoms with Gasteiger partial charge in [-0.3, -0.25) is 0 Å². The number of rotatable bonds is 1. The topological polar surface area (TPSA) is 52.8 Å². The summed E-state index contributed by atoms with van der Waals surface area (Å²) in [6, 6.07) is 0. The summed E-state index contributed by atoms with van der Waals surface area (Å²) in [5, 5.41) is 5.32. The van der Waals surface area contributed by atoms with Crippen LogP contribution in [-0.2, 0) is 4.74 Å². The van der Waals surface area contributed by atoms with Crippen LogP contribution < -0.4 is 0 Å². The zero-order valence-corrected chi connectivity index (χ0v) is 10.2. The van der Waals surface area contributed by atoms with Gasteiger partial charge in [0.05, 0.1) is 17.8 Å². The minimum absolute atomic E-state index is 0.107. The Morgan fingerprint density at radius 3 is 3.00 bits per heavy atom. The SMILES string of the molecule is Clc1nc(Cl)c2cnn(C3CCC=CO3)c2n1. The zero-order chi connectivity index (χ0) is 11.8. The highest BCUT2D eigenvalue weighted by Crippen LogP contribution is 2.27. The molecule has 3 heterocycles. The summed E-state index contributed by atoms with van der Waals surface area (Å²) < 4.78 is 7.16. The van der Waals surface area contributed by atoms with Crippen molar-refractivity contribution in [3.63, 3.8) is 0 Å². The summed E-state index contributed by atoms with van der Waals surface area (Å²) in [5.74, 6) is 0. The lowest BCUT2D eigenvalue weighted by Gasteiger charge is -2.19. The molecule has 0 saturated heterocycles. The Kier molecular flexibility index (Phi) is 2.64. The van der Waals surface area contributed by atoms with E-state index in [9.17, 15) is 0 Å². The normalized spacial score (nSPS) is 19.5. The van der Waals surface area contributed by atoms with Gasteiger partial charge in [0.2, 0.25) is 5.28 Å². The fraction of sp³-hybridized carbons (Fsp3) is 0.300. The predicted octanol–water partition coefficient (Wildman–Crippen LogP) is 2.96. The van der Waals surface area contributed by atoms with Crippen LogP contribution in [0.2, 0.25) is 10.4 Å². The molecule has 1 aliphatic rings. The lowest BCUT2D eigenvalue weighted by molar-refractivity contribution is 0.0541. The summed E-state index contributed by atoms with van der Waals surface area (Å²) >= 11 is 11.8. The summed E-state index contributed by atoms with van der Waals surface area (Å²) in [6.45, 7) is 0. The van der Waals surface area contributed by atoms with Gasteiger partial charge in [-0.05, 0) is 24.1 Å². The maximum absolute atomic E-state index is 5.97. The van der Waals surface area contributed by atoms with E-state index in [4.69, 9.17) is 27.9 Å². The van der Waals surface area contributed by atoms with E-state index in [1.165, 1.54) is 0 Å². The Morgan fingerprint density at radius 2 is 2.24 bits per heavy atom. The number of fused-ring (bicyclic) bond motifs is 1. The molecule has 2 aromatic heterocycles. The van der Waals surface area contributed by atoms with E-state index < -0.39 is 0 Å². The molecule has 1 unspecified atom stereocenters. The van der Waals surface area contributed by atoms with Gasteiger partial charge < -0.3 is 4.74 Å². The second-order valence-electron chi connectivity index (χ2n) is 3.65. The predicted molar refractivity (Wildman–Crippen MR) is 63.8 cm³/mol. The molecule has 5 nitrogen and oxygen atoms in total. The van der Waals surface area contributed by atoms with Crippen molar-refractivity contribution < 1.29 is 4.74 Å². The second-order valence-corrected chi connectivity index (χ2v) is 4.35. The van der Waals surface area contributed by atoms with Crippen LogP contribution in [0.5, 0.6) is 0 Å². The van der Waals surface area contributed by atoms with Crippen LogP contribution in [0.25, 0.3) is 11.0 Å². The molecule has 0 N–H and O–H groups in total. The van der Waals surface area contributed by atoms with Crippen molar-refractivity contribution >= 4 is 34.2 Å². The summed E-state index contributed by atoms with van der Waals surface area (Å²) in [5.41, 5.74) is 0.593. The molecule has 7 heteroatoms. The Labute approximate surface area is 107 Å². The fourth-order valence-electron chi connectivity index (χ4n) is 1.78. The highest BCUT2D eigenvalue weighted by Gasteiger charge is 2.19. The van der Waals surface area contributed by atoms with Crippen molar-refractivity contribution in [3.05, 3.63) is 29.0 Å². The third-order valence-electron chi connectivity index (χ3n) is 2.56. The Balaban J connectivity index is 2.13. The fourth-order valence-corrected chi connectivity index (χ4v) is 2.20. The van der Waals surface area contributed by atoms with Gasteiger partial charge in [0.25, 0.3) is 0 Å². The van der Waals surface area contributed by atoms with Crippen molar-refractivity contribution in [2.45, 2.75) is 19.1 Å². The van der Waals surface area contributed by atoms with E-state index in [0.717, 1.165) is 12.8 Å². The molecule has 1 aliphatic heterocycles. The van der Waals surface area contributed by atoms with Crippen LogP contribution in [-0.4, -0.2) is 19.7 Å². The van der Waals surface area contributed by atoms with E-state index >= 15 is 0 Å². The summed E-state index contributed by atoms with van der Waals surface area (Å²) in [6.07, 6.45) is 6.88. The molecule has 0 spiro atoms. The van der Waals surface area contributed by atoms with E-state index in [1.54, 1.807) is 17.1 Å². The van der Waals surface area contributed by atoms with Crippen molar-refractivity contribution in [1.82, 2.24) is 19.7 Å². The monoisotopic (exact) mass is 270 g/mol. The van der Waals surface area contributed by atoms with Gasteiger partial charge in [0.15, 0.2) is 11.9 Å². The van der Waals surface area contributed by atoms with Crippen molar-refractivity contribution in [3.8, 4) is 0 Å². The molecule has 0 amide bonds. The molecule has 0 aliphatic carbocycles. The number of hydrogen-bond donors (Lipinski definition) is 0. The number of hydrogen-bond acceptors (Lipinski definition) is 4. The molecule has 0 saturated carbocycles. The molecule has 2 aromatic rings. The molecule has 17 heavy (non-hydrogen) atoms. The first-order valence-electron chi connectivity index (χ1n) is 5.12. The van der Waals surface area contributed by atoms with Gasteiger partial charge in [0.1, 0.15) is 5.15 Å². The number of halogens is 2. The quantitative estimate of drug-likeness (QED) is 0.591. The first-order valence-corrected chi connectivity index (χ1v) is 5.88. The van der Waals surface area contributed by atoms with Gasteiger partial charge in [-0.25, -0.2) is 9.67 Å². The molecular weight excluding hydrogens is 263 g/mol. The van der Waals surface area contributed by atoms with Crippen LogP contribution in [0, 0.1) is 0 Å². The lowest BCUT2D eigenvalue weighted by atomic mass is 10.2. The molecule has 1 atom stereocenters. The third-order valence-corrected chi connectivity index (χ3v) is 3.02. The van der Waals surface area contributed by atoms with Gasteiger partial charge in [-0.1, -0.05) is 11.6 Å². The first-order chi connectivity index (χ1) is 8.25. The summed E-state index contributed by atoms with van der Waals surface area (Å²) in [4.78, 5) is 8.01. The van der Waals surface area contributed by atoms with Crippen molar-refractivity contribution in [1.29, 1.82) is 0 Å². The first kappa shape index (κ1) is 10.8. The van der Waals surface area contributed by atoms with Gasteiger partial charge in [-0.15, -0.1) is 0 Å². The molecule has 88 valence electrons. The minimum Gasteiger partial charge on any atom is -0.477 e. The molecule has 3 rings (SSSR count). The highest BCUT2D eigenvalue weighted by molar-refractivity contribution is 6.35. The third kappa shape index (κ3) is 1.85. The average Bonchev–Trinajstić information content (AvgIpc) is 2.74. The Bertz CT molecular complexity index is 595. The molecule has 0 radical (unpaired) electrons. The van der Waals surface area contributed by atoms with Crippen LogP contribution in [0.3, 0.4) is 0 Å². The van der Waals surface area contributed by atoms with Crippen LogP contribution in [0.4, 0.5) is 0 Å². The maximum Gasteiger partial charge on any atom is 0.225 e. The molecule has 0 bridgehead atoms. The largest absolute Gasteiger partial charge is 0.477 e. The van der Waals surface area contributed by atoms with Crippen molar-refractivity contribution in [2.75, 3.05) is 0 Å². The highest BCUT2D eigenvalue weighted by atomic mass is 35.5. The number of ether oxygens (including phenoxy) is 1. The molecule has 0 fully saturated rings. The van der Waals surface area contributed by atoms with Crippen LogP contribution in [0.1, 0.15) is 19.1 Å². The Morgan fingerprint density at radius 1 is 1.35 bits per heavy atom. The molecule has 0 aromatic carbocycles. The summed E-state index contributed by atoms with van der Waals surface area (Å²) in [7, 11) is 0. The smallest absolute Gasteiger partial charge is 0.225 e. The van der Waals surface area contributed by atoms with Crippen LogP contribution >= 0.6 is 23.2 Å². The standard InChI is InChI=1S/C10H8Cl2N4O/c11-8-6-5-13-16(7-3-1-2-4-17-7)9(6)15-10(12)14-8/h2,4-5,7H,1,3H2. The number of allylic oxidation sites excluding steroid dienone is 1. The molecular formula is C10H8Cl2N4O. The number of nitrogens with zero attached hydrogens (tertiary/aromatic N) is 4. The minimum atomic E-state index is -0.167. The van der Waals surface area contributed by atoms with E-state index in [1.807, 2.05) is 6.08 Å². The van der Waals surface area contributed by atoms with Gasteiger partial charge in [-0.2, -0.15) is 10.1 Å². The second kappa shape index (κ2) is 4.16. The maximum atomic E-state index is 5.97. The zero-order valence-electron chi connectivity index (χ0n) is 8.68. The van der Waals surface area contributed by atoms with E-state index in [-0.39, 0.29) is 11.5 Å². The lowest BCUT2D eigenvalue weighted by Crippen LogP contribution is -2.14. The average molecular weight is 271 g/mol. The van der Waals surface area contributed by atoms with Gasteiger partial charge >= 0.3 is 0 Å².